The van der Waals surface area contributed by atoms with Gasteiger partial charge in [-0.1, -0.05) is 31.7 Å². The van der Waals surface area contributed by atoms with Crippen molar-refractivity contribution in [2.75, 3.05) is 0 Å². The summed E-state index contributed by atoms with van der Waals surface area (Å²) in [6, 6.07) is 7.59. The normalized spacial score (nSPS) is 16.8. The van der Waals surface area contributed by atoms with E-state index in [9.17, 15) is 4.79 Å². The molecule has 1 aromatic heterocycles. The second-order valence-electron chi connectivity index (χ2n) is 5.63. The molecule has 20 heavy (non-hydrogen) atoms. The number of nitrogens with one attached hydrogen (secondary N) is 1. The van der Waals surface area contributed by atoms with Crippen LogP contribution in [0.2, 0.25) is 0 Å². The summed E-state index contributed by atoms with van der Waals surface area (Å²) in [6.45, 7) is 0. The summed E-state index contributed by atoms with van der Waals surface area (Å²) in [5, 5.41) is 9.86. The summed E-state index contributed by atoms with van der Waals surface area (Å²) >= 11 is 0. The van der Waals surface area contributed by atoms with Crippen LogP contribution in [-0.4, -0.2) is 10.8 Å². The van der Waals surface area contributed by atoms with Crippen molar-refractivity contribution < 1.29 is 4.79 Å². The lowest BCUT2D eigenvalue weighted by atomic mass is 9.91. The van der Waals surface area contributed by atoms with E-state index >= 15 is 0 Å². The van der Waals surface area contributed by atoms with Crippen molar-refractivity contribution in [3.63, 3.8) is 0 Å². The number of nitrogens with zero attached hydrogens (tertiary/aromatic N) is 1. The third-order valence-electron chi connectivity index (χ3n) is 4.30. The van der Waals surface area contributed by atoms with Gasteiger partial charge >= 0.3 is 0 Å². The number of nitriles is 1. The molecule has 1 heterocycles. The van der Waals surface area contributed by atoms with Crippen LogP contribution in [0.25, 0.3) is 10.9 Å². The highest BCUT2D eigenvalue weighted by atomic mass is 16.1. The number of rotatable bonds is 2. The number of hydrogen-bond donors (Lipinski definition) is 1. The first kappa shape index (κ1) is 12.9. The van der Waals surface area contributed by atoms with Crippen LogP contribution in [0.1, 0.15) is 54.4 Å². The van der Waals surface area contributed by atoms with Crippen molar-refractivity contribution in [2.24, 2.45) is 5.92 Å². The first-order valence-electron chi connectivity index (χ1n) is 7.35. The van der Waals surface area contributed by atoms with Gasteiger partial charge in [-0.3, -0.25) is 4.79 Å². The fraction of sp³-hybridized carbons (Fsp3) is 0.412. The highest BCUT2D eigenvalue weighted by molar-refractivity contribution is 6.09. The van der Waals surface area contributed by atoms with Crippen LogP contribution in [0.5, 0.6) is 0 Å². The molecule has 0 aliphatic heterocycles. The number of carbonyl (C=O) groups excluding carboxylic acids is 1. The maximum atomic E-state index is 12.7. The van der Waals surface area contributed by atoms with Crippen molar-refractivity contribution in [1.29, 1.82) is 5.26 Å². The number of carbonyl (C=O) groups is 1. The van der Waals surface area contributed by atoms with Gasteiger partial charge in [0, 0.05) is 28.6 Å². The number of H-pyrrole nitrogens is 1. The molecule has 0 radical (unpaired) electrons. The third-order valence-corrected chi connectivity index (χ3v) is 4.30. The van der Waals surface area contributed by atoms with E-state index in [4.69, 9.17) is 5.26 Å². The minimum atomic E-state index is 0.173. The van der Waals surface area contributed by atoms with Crippen LogP contribution in [0, 0.1) is 17.2 Å². The van der Waals surface area contributed by atoms with E-state index in [-0.39, 0.29) is 11.7 Å². The summed E-state index contributed by atoms with van der Waals surface area (Å²) in [4.78, 5) is 15.8. The average Bonchev–Trinajstić information content (AvgIpc) is 2.71. The molecule has 3 rings (SSSR count). The highest BCUT2D eigenvalue weighted by Gasteiger charge is 2.23. The first-order valence-corrected chi connectivity index (χ1v) is 7.35. The molecule has 1 aromatic carbocycles. The smallest absolute Gasteiger partial charge is 0.168 e. The summed E-state index contributed by atoms with van der Waals surface area (Å²) < 4.78 is 0. The minimum Gasteiger partial charge on any atom is -0.360 e. The number of benzene rings is 1. The highest BCUT2D eigenvalue weighted by Crippen LogP contribution is 2.29. The molecule has 1 aliphatic rings. The molecule has 0 amide bonds. The van der Waals surface area contributed by atoms with Gasteiger partial charge in [0.05, 0.1) is 11.6 Å². The van der Waals surface area contributed by atoms with Crippen LogP contribution in [-0.2, 0) is 0 Å². The van der Waals surface area contributed by atoms with Crippen molar-refractivity contribution in [1.82, 2.24) is 4.98 Å². The Morgan fingerprint density at radius 2 is 1.95 bits per heavy atom. The monoisotopic (exact) mass is 266 g/mol. The zero-order valence-corrected chi connectivity index (χ0v) is 11.5. The first-order chi connectivity index (χ1) is 9.79. The summed E-state index contributed by atoms with van der Waals surface area (Å²) in [7, 11) is 0. The van der Waals surface area contributed by atoms with Gasteiger partial charge in [-0.2, -0.15) is 5.26 Å². The summed E-state index contributed by atoms with van der Waals surface area (Å²) in [6.07, 6.45) is 8.67. The van der Waals surface area contributed by atoms with Crippen molar-refractivity contribution in [2.45, 2.75) is 38.5 Å². The standard InChI is InChI=1S/C17H18N2O/c18-10-12-7-8-14-15(11-19-16(14)9-12)17(20)13-5-3-1-2-4-6-13/h7-9,11,13,19H,1-6H2. The maximum absolute atomic E-state index is 12.7. The van der Waals surface area contributed by atoms with Crippen LogP contribution in [0.3, 0.4) is 0 Å². The zero-order valence-electron chi connectivity index (χ0n) is 11.5. The van der Waals surface area contributed by atoms with Crippen LogP contribution < -0.4 is 0 Å². The Bertz CT molecular complexity index is 670. The minimum absolute atomic E-state index is 0.173. The van der Waals surface area contributed by atoms with Gasteiger partial charge in [0.15, 0.2) is 5.78 Å². The molecule has 3 heteroatoms. The van der Waals surface area contributed by atoms with Crippen LogP contribution in [0.4, 0.5) is 0 Å². The molecule has 0 unspecified atom stereocenters. The Morgan fingerprint density at radius 3 is 2.65 bits per heavy atom. The van der Waals surface area contributed by atoms with Gasteiger partial charge in [0.2, 0.25) is 0 Å². The Balaban J connectivity index is 1.93. The van der Waals surface area contributed by atoms with Gasteiger partial charge in [0.25, 0.3) is 0 Å². The summed E-state index contributed by atoms with van der Waals surface area (Å²) in [5.74, 6) is 0.440. The topological polar surface area (TPSA) is 56.6 Å². The SMILES string of the molecule is N#Cc1ccc2c(C(=O)C3CCCCCC3)c[nH]c2c1. The largest absolute Gasteiger partial charge is 0.360 e. The van der Waals surface area contributed by atoms with Crippen LogP contribution in [0.15, 0.2) is 24.4 Å². The van der Waals surface area contributed by atoms with E-state index in [1.807, 2.05) is 6.07 Å². The molecular formula is C17H18N2O. The van der Waals surface area contributed by atoms with E-state index in [1.54, 1.807) is 18.3 Å². The number of ketones is 1. The molecule has 1 N–H and O–H groups in total. The van der Waals surface area contributed by atoms with Crippen molar-refractivity contribution in [3.8, 4) is 6.07 Å². The molecule has 102 valence electrons. The molecule has 0 atom stereocenters. The van der Waals surface area contributed by atoms with Gasteiger partial charge in [-0.05, 0) is 25.0 Å². The van der Waals surface area contributed by atoms with Gasteiger partial charge < -0.3 is 4.98 Å². The molecule has 1 saturated carbocycles. The van der Waals surface area contributed by atoms with E-state index < -0.39 is 0 Å². The summed E-state index contributed by atoms with van der Waals surface area (Å²) in [5.41, 5.74) is 2.28. The number of Topliss-reactive ketones (excluding diaryl/α,β-unsaturated/α-hetero) is 1. The third kappa shape index (κ3) is 2.34. The number of hydrogen-bond acceptors (Lipinski definition) is 2. The lowest BCUT2D eigenvalue weighted by molar-refractivity contribution is 0.0909. The molecule has 1 aliphatic carbocycles. The number of fused-ring (bicyclic) bond motifs is 1. The second kappa shape index (κ2) is 5.50. The van der Waals surface area contributed by atoms with E-state index in [0.717, 1.165) is 42.1 Å². The fourth-order valence-corrected chi connectivity index (χ4v) is 3.16. The van der Waals surface area contributed by atoms with E-state index in [2.05, 4.69) is 11.1 Å². The number of aromatic amines is 1. The maximum Gasteiger partial charge on any atom is 0.168 e. The Labute approximate surface area is 118 Å². The lowest BCUT2D eigenvalue weighted by Gasteiger charge is -2.11. The lowest BCUT2D eigenvalue weighted by Crippen LogP contribution is -2.13. The fourth-order valence-electron chi connectivity index (χ4n) is 3.16. The number of aromatic nitrogens is 1. The second-order valence-corrected chi connectivity index (χ2v) is 5.63. The average molecular weight is 266 g/mol. The molecular weight excluding hydrogens is 248 g/mol. The van der Waals surface area contributed by atoms with Crippen LogP contribution >= 0.6 is 0 Å². The van der Waals surface area contributed by atoms with E-state index in [0.29, 0.717) is 5.56 Å². The molecule has 0 saturated heterocycles. The van der Waals surface area contributed by atoms with Gasteiger partial charge in [-0.15, -0.1) is 0 Å². The van der Waals surface area contributed by atoms with Gasteiger partial charge in [-0.25, -0.2) is 0 Å². The van der Waals surface area contributed by atoms with Gasteiger partial charge in [0.1, 0.15) is 0 Å². The quantitative estimate of drug-likeness (QED) is 0.654. The molecule has 2 aromatic rings. The molecule has 0 spiro atoms. The van der Waals surface area contributed by atoms with E-state index in [1.165, 1.54) is 12.8 Å². The predicted octanol–water partition coefficient (Wildman–Crippen LogP) is 4.19. The zero-order chi connectivity index (χ0) is 13.9. The predicted molar refractivity (Wildman–Crippen MR) is 78.5 cm³/mol. The Hall–Kier alpha value is -2.08. The van der Waals surface area contributed by atoms with Crippen molar-refractivity contribution >= 4 is 16.7 Å². The molecule has 3 nitrogen and oxygen atoms in total. The van der Waals surface area contributed by atoms with Crippen molar-refractivity contribution in [3.05, 3.63) is 35.5 Å². The molecule has 1 fully saturated rings. The Kier molecular flexibility index (Phi) is 3.56. The molecule has 0 bridgehead atoms. The Morgan fingerprint density at radius 1 is 1.20 bits per heavy atom.